The molecule has 0 bridgehead atoms. The van der Waals surface area contributed by atoms with Gasteiger partial charge in [0.1, 0.15) is 0 Å². The van der Waals surface area contributed by atoms with Crippen molar-refractivity contribution < 1.29 is 4.79 Å². The zero-order chi connectivity index (χ0) is 14.0. The number of carbonyl (C=O) groups excluding carboxylic acids is 1. The molecule has 98 valence electrons. The number of carbonyl (C=O) groups is 1. The smallest absolute Gasteiger partial charge is 0.255 e. The van der Waals surface area contributed by atoms with Gasteiger partial charge in [-0.3, -0.25) is 4.79 Å². The Morgan fingerprint density at radius 1 is 1.16 bits per heavy atom. The molecule has 0 spiro atoms. The van der Waals surface area contributed by atoms with E-state index in [0.717, 1.165) is 11.1 Å². The molecule has 0 heterocycles. The Morgan fingerprint density at radius 2 is 1.79 bits per heavy atom. The highest BCUT2D eigenvalue weighted by atomic mass is 35.5. The Kier molecular flexibility index (Phi) is 3.76. The van der Waals surface area contributed by atoms with Gasteiger partial charge >= 0.3 is 0 Å². The lowest BCUT2D eigenvalue weighted by atomic mass is 10.1. The third-order valence-electron chi connectivity index (χ3n) is 2.86. The first-order chi connectivity index (χ1) is 8.97. The second kappa shape index (κ2) is 5.33. The van der Waals surface area contributed by atoms with Crippen LogP contribution in [-0.2, 0) is 0 Å². The van der Waals surface area contributed by atoms with Gasteiger partial charge in [0.15, 0.2) is 0 Å². The maximum absolute atomic E-state index is 12.1. The van der Waals surface area contributed by atoms with Crippen molar-refractivity contribution in [3.8, 4) is 0 Å². The van der Waals surface area contributed by atoms with Crippen molar-refractivity contribution in [3.63, 3.8) is 0 Å². The zero-order valence-electron chi connectivity index (χ0n) is 10.8. The van der Waals surface area contributed by atoms with Gasteiger partial charge in [-0.15, -0.1) is 0 Å². The van der Waals surface area contributed by atoms with Crippen molar-refractivity contribution >= 4 is 28.9 Å². The van der Waals surface area contributed by atoms with Crippen LogP contribution in [0.5, 0.6) is 0 Å². The summed E-state index contributed by atoms with van der Waals surface area (Å²) in [6.07, 6.45) is 0. The number of nitrogens with two attached hydrogens (primary N) is 1. The normalized spacial score (nSPS) is 10.3. The maximum Gasteiger partial charge on any atom is 0.255 e. The van der Waals surface area contributed by atoms with Crippen molar-refractivity contribution in [1.29, 1.82) is 0 Å². The molecular formula is C15H15ClN2O. The van der Waals surface area contributed by atoms with E-state index in [1.807, 2.05) is 26.0 Å². The summed E-state index contributed by atoms with van der Waals surface area (Å²) >= 11 is 6.10. The summed E-state index contributed by atoms with van der Waals surface area (Å²) < 4.78 is 0. The Bertz CT molecular complexity index is 598. The van der Waals surface area contributed by atoms with E-state index in [-0.39, 0.29) is 5.91 Å². The third-order valence-corrected chi connectivity index (χ3v) is 3.16. The first-order valence-electron chi connectivity index (χ1n) is 5.91. The monoisotopic (exact) mass is 274 g/mol. The quantitative estimate of drug-likeness (QED) is 0.819. The van der Waals surface area contributed by atoms with E-state index in [9.17, 15) is 4.79 Å². The highest BCUT2D eigenvalue weighted by Crippen LogP contribution is 2.28. The van der Waals surface area contributed by atoms with Crippen LogP contribution in [-0.4, -0.2) is 5.91 Å². The summed E-state index contributed by atoms with van der Waals surface area (Å²) in [6, 6.07) is 10.8. The molecule has 0 fully saturated rings. The lowest BCUT2D eigenvalue weighted by Gasteiger charge is -2.11. The molecule has 2 rings (SSSR count). The average molecular weight is 275 g/mol. The zero-order valence-corrected chi connectivity index (χ0v) is 11.6. The van der Waals surface area contributed by atoms with Crippen molar-refractivity contribution in [2.45, 2.75) is 13.8 Å². The van der Waals surface area contributed by atoms with Crippen LogP contribution in [0.15, 0.2) is 36.4 Å². The number of hydrogen-bond acceptors (Lipinski definition) is 2. The molecule has 3 nitrogen and oxygen atoms in total. The van der Waals surface area contributed by atoms with Crippen LogP contribution in [0, 0.1) is 13.8 Å². The molecule has 0 radical (unpaired) electrons. The molecule has 0 aliphatic rings. The minimum atomic E-state index is -0.185. The van der Waals surface area contributed by atoms with Crippen LogP contribution in [0.4, 0.5) is 11.4 Å². The Labute approximate surface area is 117 Å². The fraction of sp³-hybridized carbons (Fsp3) is 0.133. The molecule has 19 heavy (non-hydrogen) atoms. The number of hydrogen-bond donors (Lipinski definition) is 2. The van der Waals surface area contributed by atoms with Gasteiger partial charge in [-0.2, -0.15) is 0 Å². The first-order valence-corrected chi connectivity index (χ1v) is 6.29. The number of halogens is 1. The SMILES string of the molecule is Cc1ccc(C(=O)Nc2c(C)cc(N)cc2Cl)cc1. The van der Waals surface area contributed by atoms with Crippen LogP contribution >= 0.6 is 11.6 Å². The van der Waals surface area contributed by atoms with Gasteiger partial charge in [0.05, 0.1) is 10.7 Å². The first kappa shape index (κ1) is 13.4. The summed E-state index contributed by atoms with van der Waals surface area (Å²) in [5.41, 5.74) is 9.41. The number of aryl methyl sites for hydroxylation is 2. The largest absolute Gasteiger partial charge is 0.399 e. The van der Waals surface area contributed by atoms with E-state index in [2.05, 4.69) is 5.32 Å². The molecule has 2 aromatic rings. The second-order valence-corrected chi connectivity index (χ2v) is 4.92. The van der Waals surface area contributed by atoms with Gasteiger partial charge in [-0.05, 0) is 43.7 Å². The van der Waals surface area contributed by atoms with Crippen LogP contribution in [0.25, 0.3) is 0 Å². The fourth-order valence-corrected chi connectivity index (χ4v) is 2.14. The number of amides is 1. The van der Waals surface area contributed by atoms with Gasteiger partial charge in [0.2, 0.25) is 0 Å². The van der Waals surface area contributed by atoms with E-state index < -0.39 is 0 Å². The Balaban J connectivity index is 2.26. The molecular weight excluding hydrogens is 260 g/mol. The van der Waals surface area contributed by atoms with Crippen molar-refractivity contribution in [2.75, 3.05) is 11.1 Å². The molecule has 3 N–H and O–H groups in total. The highest BCUT2D eigenvalue weighted by molar-refractivity contribution is 6.34. The van der Waals surface area contributed by atoms with E-state index >= 15 is 0 Å². The van der Waals surface area contributed by atoms with Gasteiger partial charge in [0, 0.05) is 11.3 Å². The molecule has 0 aliphatic carbocycles. The molecule has 0 atom stereocenters. The fourth-order valence-electron chi connectivity index (χ4n) is 1.82. The third kappa shape index (κ3) is 3.06. The summed E-state index contributed by atoms with van der Waals surface area (Å²) in [4.78, 5) is 12.1. The van der Waals surface area contributed by atoms with Gasteiger partial charge < -0.3 is 11.1 Å². The van der Waals surface area contributed by atoms with Gasteiger partial charge in [-0.25, -0.2) is 0 Å². The minimum absolute atomic E-state index is 0.185. The van der Waals surface area contributed by atoms with E-state index in [4.69, 9.17) is 17.3 Å². The van der Waals surface area contributed by atoms with E-state index in [1.54, 1.807) is 24.3 Å². The van der Waals surface area contributed by atoms with E-state index in [0.29, 0.717) is 22.0 Å². The predicted molar refractivity (Wildman–Crippen MR) is 79.7 cm³/mol. The summed E-state index contributed by atoms with van der Waals surface area (Å²) in [6.45, 7) is 3.83. The lowest BCUT2D eigenvalue weighted by Crippen LogP contribution is -2.13. The molecule has 0 aromatic heterocycles. The topological polar surface area (TPSA) is 55.1 Å². The summed E-state index contributed by atoms with van der Waals surface area (Å²) in [7, 11) is 0. The molecule has 0 aliphatic heterocycles. The number of anilines is 2. The lowest BCUT2D eigenvalue weighted by molar-refractivity contribution is 0.102. The molecule has 1 amide bonds. The minimum Gasteiger partial charge on any atom is -0.399 e. The number of benzene rings is 2. The molecule has 0 saturated heterocycles. The Morgan fingerprint density at radius 3 is 2.37 bits per heavy atom. The molecule has 0 unspecified atom stereocenters. The molecule has 4 heteroatoms. The second-order valence-electron chi connectivity index (χ2n) is 4.51. The van der Waals surface area contributed by atoms with Crippen LogP contribution in [0.2, 0.25) is 5.02 Å². The summed E-state index contributed by atoms with van der Waals surface area (Å²) in [5.74, 6) is -0.185. The maximum atomic E-state index is 12.1. The van der Waals surface area contributed by atoms with Crippen molar-refractivity contribution in [2.24, 2.45) is 0 Å². The number of nitrogens with one attached hydrogen (secondary N) is 1. The molecule has 2 aromatic carbocycles. The number of rotatable bonds is 2. The Hall–Kier alpha value is -2.00. The van der Waals surface area contributed by atoms with Gasteiger partial charge in [0.25, 0.3) is 5.91 Å². The highest BCUT2D eigenvalue weighted by Gasteiger charge is 2.11. The van der Waals surface area contributed by atoms with Crippen LogP contribution in [0.1, 0.15) is 21.5 Å². The molecule has 0 saturated carbocycles. The standard InChI is InChI=1S/C15H15ClN2O/c1-9-3-5-11(6-4-9)15(19)18-14-10(2)7-12(17)8-13(14)16/h3-8H,17H2,1-2H3,(H,18,19). The van der Waals surface area contributed by atoms with E-state index in [1.165, 1.54) is 0 Å². The number of nitrogen functional groups attached to an aromatic ring is 1. The van der Waals surface area contributed by atoms with Crippen molar-refractivity contribution in [3.05, 3.63) is 58.1 Å². The van der Waals surface area contributed by atoms with Crippen LogP contribution in [0.3, 0.4) is 0 Å². The summed E-state index contributed by atoms with van der Waals surface area (Å²) in [5, 5.41) is 3.26. The predicted octanol–water partition coefficient (Wildman–Crippen LogP) is 3.79. The van der Waals surface area contributed by atoms with Crippen LogP contribution < -0.4 is 11.1 Å². The van der Waals surface area contributed by atoms with Crippen molar-refractivity contribution in [1.82, 2.24) is 0 Å². The average Bonchev–Trinajstić information content (AvgIpc) is 2.34. The van der Waals surface area contributed by atoms with Gasteiger partial charge in [-0.1, -0.05) is 29.3 Å².